The van der Waals surface area contributed by atoms with E-state index in [0.717, 1.165) is 13.1 Å². The minimum absolute atomic E-state index is 0. The van der Waals surface area contributed by atoms with Gasteiger partial charge in [-0.05, 0) is 38.2 Å². The zero-order chi connectivity index (χ0) is 14.4. The smallest absolute Gasteiger partial charge is 0.339 e. The van der Waals surface area contributed by atoms with Crippen LogP contribution in [-0.4, -0.2) is 36.6 Å². The van der Waals surface area contributed by atoms with Gasteiger partial charge in [0.15, 0.2) is 0 Å². The molecule has 0 N–H and O–H groups in total. The van der Waals surface area contributed by atoms with E-state index in [1.807, 2.05) is 6.92 Å². The molecule has 6 heteroatoms. The van der Waals surface area contributed by atoms with Gasteiger partial charge in [-0.25, -0.2) is 4.79 Å². The average Bonchev–Trinajstić information content (AvgIpc) is 2.35. The number of hydrogen-bond donors (Lipinski definition) is 0. The van der Waals surface area contributed by atoms with Gasteiger partial charge in [0.25, 0.3) is 0 Å². The number of ether oxygens (including phenoxy) is 1. The molecule has 0 heterocycles. The monoisotopic (exact) mass is 339 g/mol. The van der Waals surface area contributed by atoms with E-state index in [1.54, 1.807) is 12.1 Å². The summed E-state index contributed by atoms with van der Waals surface area (Å²) in [6, 6.07) is 4.74. The molecular formula is C14H20Cl3NO2. The largest absolute Gasteiger partial charge is 0.458 e. The number of likely N-dealkylation sites (N-methyl/N-ethyl adjacent to an activating group) is 1. The zero-order valence-electron chi connectivity index (χ0n) is 11.9. The second-order valence-electron chi connectivity index (χ2n) is 4.33. The van der Waals surface area contributed by atoms with Crippen LogP contribution in [0.5, 0.6) is 0 Å². The van der Waals surface area contributed by atoms with E-state index in [2.05, 4.69) is 18.7 Å². The number of carbonyl (C=O) groups is 1. The molecule has 1 rings (SSSR count). The van der Waals surface area contributed by atoms with Gasteiger partial charge in [0.2, 0.25) is 0 Å². The van der Waals surface area contributed by atoms with Crippen LogP contribution in [0, 0.1) is 0 Å². The molecule has 0 aliphatic rings. The molecule has 0 saturated heterocycles. The highest BCUT2D eigenvalue weighted by Crippen LogP contribution is 2.22. The van der Waals surface area contributed by atoms with Crippen molar-refractivity contribution in [2.24, 2.45) is 0 Å². The molecule has 1 aromatic carbocycles. The standard InChI is InChI=1S/C14H19Cl2NO2.ClH/c1-4-17(5-2)9-10(3)19-14(18)12-7-6-11(15)8-13(12)16;/h6-8,10H,4-5,9H2,1-3H3;1H. The van der Waals surface area contributed by atoms with Gasteiger partial charge in [-0.1, -0.05) is 37.0 Å². The van der Waals surface area contributed by atoms with Crippen LogP contribution in [0.15, 0.2) is 18.2 Å². The van der Waals surface area contributed by atoms with E-state index in [-0.39, 0.29) is 18.5 Å². The highest BCUT2D eigenvalue weighted by Gasteiger charge is 2.16. The molecule has 0 aliphatic carbocycles. The van der Waals surface area contributed by atoms with Crippen molar-refractivity contribution >= 4 is 41.6 Å². The van der Waals surface area contributed by atoms with Crippen molar-refractivity contribution in [3.63, 3.8) is 0 Å². The molecule has 0 fully saturated rings. The Morgan fingerprint density at radius 1 is 1.30 bits per heavy atom. The van der Waals surface area contributed by atoms with Gasteiger partial charge in [-0.15, -0.1) is 12.4 Å². The third-order valence-corrected chi connectivity index (χ3v) is 3.42. The Bertz CT molecular complexity index is 436. The van der Waals surface area contributed by atoms with Crippen LogP contribution in [-0.2, 0) is 4.74 Å². The van der Waals surface area contributed by atoms with Crippen LogP contribution in [0.1, 0.15) is 31.1 Å². The van der Waals surface area contributed by atoms with Crippen LogP contribution in [0.25, 0.3) is 0 Å². The molecule has 0 spiro atoms. The number of nitrogens with zero attached hydrogens (tertiary/aromatic N) is 1. The maximum atomic E-state index is 12.0. The van der Waals surface area contributed by atoms with E-state index in [9.17, 15) is 4.79 Å². The van der Waals surface area contributed by atoms with Crippen molar-refractivity contribution in [2.75, 3.05) is 19.6 Å². The van der Waals surface area contributed by atoms with E-state index in [0.29, 0.717) is 22.2 Å². The summed E-state index contributed by atoms with van der Waals surface area (Å²) in [5.74, 6) is -0.415. The van der Waals surface area contributed by atoms with Crippen molar-refractivity contribution in [2.45, 2.75) is 26.9 Å². The second kappa shape index (κ2) is 9.46. The molecule has 3 nitrogen and oxygen atoms in total. The summed E-state index contributed by atoms with van der Waals surface area (Å²) in [5, 5.41) is 0.810. The summed E-state index contributed by atoms with van der Waals surface area (Å²) < 4.78 is 5.38. The van der Waals surface area contributed by atoms with Crippen LogP contribution in [0.4, 0.5) is 0 Å². The first-order valence-corrected chi connectivity index (χ1v) is 7.11. The third-order valence-electron chi connectivity index (χ3n) is 2.87. The number of esters is 1. The number of hydrogen-bond acceptors (Lipinski definition) is 3. The maximum absolute atomic E-state index is 12.0. The fraction of sp³-hybridized carbons (Fsp3) is 0.500. The summed E-state index contributed by atoms with van der Waals surface area (Å²) >= 11 is 11.8. The quantitative estimate of drug-likeness (QED) is 0.723. The maximum Gasteiger partial charge on any atom is 0.339 e. The molecule has 1 aromatic rings. The SMILES string of the molecule is CCN(CC)CC(C)OC(=O)c1ccc(Cl)cc1Cl.Cl. The van der Waals surface area contributed by atoms with Gasteiger partial charge in [0.05, 0.1) is 10.6 Å². The fourth-order valence-corrected chi connectivity index (χ4v) is 2.27. The van der Waals surface area contributed by atoms with Crippen LogP contribution in [0.2, 0.25) is 10.0 Å². The molecule has 0 saturated carbocycles. The Hall–Kier alpha value is -0.480. The highest BCUT2D eigenvalue weighted by molar-refractivity contribution is 6.36. The number of rotatable bonds is 6. The number of carbonyl (C=O) groups excluding carboxylic acids is 1. The predicted octanol–water partition coefficient (Wildman–Crippen LogP) is 4.30. The van der Waals surface area contributed by atoms with Crippen LogP contribution in [0.3, 0.4) is 0 Å². The van der Waals surface area contributed by atoms with Crippen LogP contribution < -0.4 is 0 Å². The lowest BCUT2D eigenvalue weighted by Gasteiger charge is -2.22. The Labute approximate surface area is 136 Å². The van der Waals surface area contributed by atoms with Crippen LogP contribution >= 0.6 is 35.6 Å². The van der Waals surface area contributed by atoms with Gasteiger partial charge in [0, 0.05) is 11.6 Å². The first kappa shape index (κ1) is 19.5. The van der Waals surface area contributed by atoms with Crippen molar-refractivity contribution in [1.82, 2.24) is 4.90 Å². The minimum Gasteiger partial charge on any atom is -0.458 e. The van der Waals surface area contributed by atoms with Gasteiger partial charge in [-0.2, -0.15) is 0 Å². The zero-order valence-corrected chi connectivity index (χ0v) is 14.2. The molecule has 0 radical (unpaired) electrons. The Morgan fingerprint density at radius 2 is 1.90 bits per heavy atom. The molecule has 1 unspecified atom stereocenters. The third kappa shape index (κ3) is 5.88. The lowest BCUT2D eigenvalue weighted by atomic mass is 10.2. The summed E-state index contributed by atoms with van der Waals surface area (Å²) in [4.78, 5) is 14.2. The molecular weight excluding hydrogens is 321 g/mol. The lowest BCUT2D eigenvalue weighted by molar-refractivity contribution is 0.0261. The van der Waals surface area contributed by atoms with Gasteiger partial charge in [0.1, 0.15) is 6.10 Å². The van der Waals surface area contributed by atoms with Crippen molar-refractivity contribution in [1.29, 1.82) is 0 Å². The first-order valence-electron chi connectivity index (χ1n) is 6.36. The van der Waals surface area contributed by atoms with E-state index >= 15 is 0 Å². The van der Waals surface area contributed by atoms with Crippen molar-refractivity contribution in [3.8, 4) is 0 Å². The van der Waals surface area contributed by atoms with Crippen molar-refractivity contribution in [3.05, 3.63) is 33.8 Å². The molecule has 0 bridgehead atoms. The average molecular weight is 341 g/mol. The molecule has 0 aliphatic heterocycles. The van der Waals surface area contributed by atoms with Gasteiger partial charge < -0.3 is 9.64 Å². The summed E-state index contributed by atoms with van der Waals surface area (Å²) in [6.45, 7) is 8.60. The summed E-state index contributed by atoms with van der Waals surface area (Å²) in [6.07, 6.45) is -0.181. The normalized spacial score (nSPS) is 11.9. The van der Waals surface area contributed by atoms with Gasteiger partial charge >= 0.3 is 5.97 Å². The Kier molecular flexibility index (Phi) is 9.23. The molecule has 20 heavy (non-hydrogen) atoms. The van der Waals surface area contributed by atoms with E-state index in [1.165, 1.54) is 6.07 Å². The van der Waals surface area contributed by atoms with E-state index < -0.39 is 5.97 Å². The number of benzene rings is 1. The lowest BCUT2D eigenvalue weighted by Crippen LogP contribution is -2.33. The Balaban J connectivity index is 0.00000361. The van der Waals surface area contributed by atoms with Gasteiger partial charge in [-0.3, -0.25) is 0 Å². The topological polar surface area (TPSA) is 29.5 Å². The molecule has 0 amide bonds. The highest BCUT2D eigenvalue weighted by atomic mass is 35.5. The fourth-order valence-electron chi connectivity index (χ4n) is 1.78. The molecule has 0 aromatic heterocycles. The Morgan fingerprint density at radius 3 is 2.40 bits per heavy atom. The summed E-state index contributed by atoms with van der Waals surface area (Å²) in [5.41, 5.74) is 0.345. The molecule has 114 valence electrons. The first-order chi connectivity index (χ1) is 8.97. The molecule has 1 atom stereocenters. The predicted molar refractivity (Wildman–Crippen MR) is 86.4 cm³/mol. The van der Waals surface area contributed by atoms with Crippen molar-refractivity contribution < 1.29 is 9.53 Å². The van der Waals surface area contributed by atoms with E-state index in [4.69, 9.17) is 27.9 Å². The minimum atomic E-state index is -0.415. The summed E-state index contributed by atoms with van der Waals surface area (Å²) in [7, 11) is 0. The second-order valence-corrected chi connectivity index (χ2v) is 5.17. The number of halogens is 3.